The average molecular weight is 621 g/mol. The zero-order valence-corrected chi connectivity index (χ0v) is 26.0. The van der Waals surface area contributed by atoms with Crippen LogP contribution in [0.5, 0.6) is 0 Å². The van der Waals surface area contributed by atoms with Crippen molar-refractivity contribution < 1.29 is 19.2 Å². The van der Waals surface area contributed by atoms with Gasteiger partial charge in [-0.3, -0.25) is 34.1 Å². The van der Waals surface area contributed by atoms with Crippen molar-refractivity contribution in [3.05, 3.63) is 71.0 Å². The van der Waals surface area contributed by atoms with Crippen molar-refractivity contribution in [3.8, 4) is 11.3 Å². The fourth-order valence-corrected chi connectivity index (χ4v) is 7.12. The van der Waals surface area contributed by atoms with E-state index >= 15 is 0 Å². The molecule has 46 heavy (non-hydrogen) atoms. The zero-order valence-electron chi connectivity index (χ0n) is 26.0. The van der Waals surface area contributed by atoms with E-state index in [1.807, 2.05) is 36.0 Å². The Morgan fingerprint density at radius 1 is 1.00 bits per heavy atom. The van der Waals surface area contributed by atoms with Gasteiger partial charge in [-0.05, 0) is 61.4 Å². The quantitative estimate of drug-likeness (QED) is 0.251. The Morgan fingerprint density at radius 3 is 2.63 bits per heavy atom. The summed E-state index contributed by atoms with van der Waals surface area (Å²) in [5.41, 5.74) is 5.34. The summed E-state index contributed by atoms with van der Waals surface area (Å²) in [4.78, 5) is 61.0. The molecule has 0 bridgehead atoms. The summed E-state index contributed by atoms with van der Waals surface area (Å²) in [6.45, 7) is 4.75. The van der Waals surface area contributed by atoms with E-state index in [-0.39, 0.29) is 24.9 Å². The molecule has 2 aliphatic heterocycles. The van der Waals surface area contributed by atoms with Gasteiger partial charge in [0.05, 0.1) is 22.3 Å². The van der Waals surface area contributed by atoms with Crippen molar-refractivity contribution in [2.45, 2.75) is 76.5 Å². The summed E-state index contributed by atoms with van der Waals surface area (Å²) in [5, 5.41) is 15.1. The number of aryl methyl sites for hydroxylation is 1. The molecule has 4 amide bonds. The van der Waals surface area contributed by atoms with Crippen LogP contribution < -0.4 is 16.0 Å². The topological polar surface area (TPSA) is 151 Å². The van der Waals surface area contributed by atoms with Crippen LogP contribution in [0.25, 0.3) is 22.2 Å². The second-order valence-electron chi connectivity index (χ2n) is 12.7. The van der Waals surface area contributed by atoms with Crippen molar-refractivity contribution in [1.82, 2.24) is 35.3 Å². The molecule has 12 nitrogen and oxygen atoms in total. The van der Waals surface area contributed by atoms with Crippen LogP contribution in [0.15, 0.2) is 48.7 Å². The number of piperidine rings is 1. The van der Waals surface area contributed by atoms with Crippen molar-refractivity contribution in [2.24, 2.45) is 7.05 Å². The third-order valence-electron chi connectivity index (χ3n) is 9.28. The average Bonchev–Trinajstić information content (AvgIpc) is 3.69. The molecule has 236 valence electrons. The lowest BCUT2D eigenvalue weighted by Gasteiger charge is -2.27. The van der Waals surface area contributed by atoms with Crippen LogP contribution in [-0.2, 0) is 23.2 Å². The lowest BCUT2D eigenvalue weighted by molar-refractivity contribution is -0.136. The van der Waals surface area contributed by atoms with E-state index in [1.54, 1.807) is 18.3 Å². The van der Waals surface area contributed by atoms with Crippen LogP contribution in [-0.4, -0.2) is 66.4 Å². The smallest absolute Gasteiger partial charge is 0.262 e. The van der Waals surface area contributed by atoms with Crippen molar-refractivity contribution in [1.29, 1.82) is 0 Å². The maximum Gasteiger partial charge on any atom is 0.262 e. The Bertz CT molecular complexity index is 1900. The molecule has 3 aliphatic rings. The minimum Gasteiger partial charge on any atom is -0.351 e. The number of hydrogen-bond donors (Lipinski definition) is 3. The van der Waals surface area contributed by atoms with E-state index in [0.29, 0.717) is 35.1 Å². The lowest BCUT2D eigenvalue weighted by atomic mass is 10.0. The largest absolute Gasteiger partial charge is 0.351 e. The van der Waals surface area contributed by atoms with Crippen molar-refractivity contribution in [3.63, 3.8) is 0 Å². The molecule has 2 aromatic carbocycles. The van der Waals surface area contributed by atoms with E-state index in [4.69, 9.17) is 4.98 Å². The maximum absolute atomic E-state index is 13.4. The van der Waals surface area contributed by atoms with Crippen molar-refractivity contribution >= 4 is 40.5 Å². The number of rotatable bonds is 8. The molecule has 3 atom stereocenters. The van der Waals surface area contributed by atoms with Crippen LogP contribution in [0.3, 0.4) is 0 Å². The van der Waals surface area contributed by atoms with E-state index in [1.165, 1.54) is 5.69 Å². The first kappa shape index (κ1) is 29.7. The summed E-state index contributed by atoms with van der Waals surface area (Å²) >= 11 is 0. The minimum absolute atomic E-state index is 0.0880. The zero-order chi connectivity index (χ0) is 32.1. The van der Waals surface area contributed by atoms with Crippen LogP contribution in [0.1, 0.15) is 83.8 Å². The Hall–Kier alpha value is -4.97. The number of fused-ring (bicyclic) bond motifs is 2. The number of nitrogens with zero attached hydrogens (tertiary/aromatic N) is 5. The molecule has 3 N–H and O–H groups in total. The summed E-state index contributed by atoms with van der Waals surface area (Å²) in [6, 6.07) is 12.8. The van der Waals surface area contributed by atoms with Crippen molar-refractivity contribution in [2.75, 3.05) is 5.32 Å². The first-order valence-electron chi connectivity index (χ1n) is 15.8. The highest BCUT2D eigenvalue weighted by Gasteiger charge is 2.45. The molecule has 4 heterocycles. The number of nitrogens with one attached hydrogen (secondary N) is 3. The SMILES string of the molecule is CC(C)c1c2cc(-c3ccnc(N[C@H]4CCC(NCc5cccc6c5C(=O)N(C5CCC(=O)NC5=O)C6=O)C4)n3)ccc2nn1C. The van der Waals surface area contributed by atoms with Gasteiger partial charge in [0.1, 0.15) is 6.04 Å². The number of hydrogen-bond acceptors (Lipinski definition) is 9. The summed E-state index contributed by atoms with van der Waals surface area (Å²) in [6.07, 6.45) is 4.70. The predicted octanol–water partition coefficient (Wildman–Crippen LogP) is 3.68. The number of imide groups is 2. The second-order valence-corrected chi connectivity index (χ2v) is 12.7. The van der Waals surface area contributed by atoms with Gasteiger partial charge in [0.25, 0.3) is 11.8 Å². The minimum atomic E-state index is -0.982. The van der Waals surface area contributed by atoms with E-state index < -0.39 is 29.7 Å². The lowest BCUT2D eigenvalue weighted by Crippen LogP contribution is -2.54. The fraction of sp³-hybridized carbons (Fsp3) is 0.382. The third kappa shape index (κ3) is 5.32. The molecular weight excluding hydrogens is 584 g/mol. The van der Waals surface area contributed by atoms with Crippen LogP contribution in [0.4, 0.5) is 5.95 Å². The van der Waals surface area contributed by atoms with Gasteiger partial charge in [0.2, 0.25) is 17.8 Å². The molecule has 4 aromatic rings. The first-order chi connectivity index (χ1) is 22.2. The van der Waals surface area contributed by atoms with E-state index in [0.717, 1.165) is 46.3 Å². The molecule has 0 radical (unpaired) electrons. The number of carbonyl (C=O) groups is 4. The van der Waals surface area contributed by atoms with Gasteiger partial charge in [-0.1, -0.05) is 32.0 Å². The molecule has 0 spiro atoms. The number of benzene rings is 2. The van der Waals surface area contributed by atoms with Crippen LogP contribution in [0.2, 0.25) is 0 Å². The van der Waals surface area contributed by atoms with Gasteiger partial charge in [-0.15, -0.1) is 0 Å². The Kier molecular flexibility index (Phi) is 7.59. The Balaban J connectivity index is 0.998. The molecule has 7 rings (SSSR count). The number of carbonyl (C=O) groups excluding carboxylic acids is 4. The van der Waals surface area contributed by atoms with Gasteiger partial charge in [-0.2, -0.15) is 5.10 Å². The highest BCUT2D eigenvalue weighted by molar-refractivity contribution is 6.24. The van der Waals surface area contributed by atoms with Gasteiger partial charge < -0.3 is 10.6 Å². The molecule has 1 aliphatic carbocycles. The van der Waals surface area contributed by atoms with E-state index in [9.17, 15) is 19.2 Å². The molecular formula is C34H36N8O4. The van der Waals surface area contributed by atoms with Crippen LogP contribution >= 0.6 is 0 Å². The second kappa shape index (κ2) is 11.8. The normalized spacial score (nSPS) is 21.4. The molecule has 1 saturated carbocycles. The highest BCUT2D eigenvalue weighted by Crippen LogP contribution is 2.32. The number of amides is 4. The first-order valence-corrected chi connectivity index (χ1v) is 15.8. The van der Waals surface area contributed by atoms with Crippen LogP contribution in [0, 0.1) is 0 Å². The summed E-state index contributed by atoms with van der Waals surface area (Å²) < 4.78 is 1.95. The fourth-order valence-electron chi connectivity index (χ4n) is 7.12. The number of aromatic nitrogens is 4. The monoisotopic (exact) mass is 620 g/mol. The third-order valence-corrected chi connectivity index (χ3v) is 9.28. The standard InChI is InChI=1S/C34H36N8O4/c1-18(2)30-24-15-19(7-10-26(24)40-41(30)3)25-13-14-35-34(38-25)37-22-9-8-21(16-22)36-17-20-5-4-6-23-29(20)33(46)42(32(23)45)27-11-12-28(43)39-31(27)44/h4-7,10,13-15,18,21-22,27,36H,8-9,11-12,16-17H2,1-3H3,(H,35,37,38)(H,39,43,44)/t21?,22-,27?/m0/s1. The highest BCUT2D eigenvalue weighted by atomic mass is 16.2. The Morgan fingerprint density at radius 2 is 1.83 bits per heavy atom. The molecule has 12 heteroatoms. The van der Waals surface area contributed by atoms with E-state index in [2.05, 4.69) is 45.9 Å². The molecule has 2 unspecified atom stereocenters. The van der Waals surface area contributed by atoms with Gasteiger partial charge in [0, 0.05) is 54.9 Å². The van der Waals surface area contributed by atoms with Gasteiger partial charge in [0.15, 0.2) is 0 Å². The van der Waals surface area contributed by atoms with Gasteiger partial charge >= 0.3 is 0 Å². The Labute approximate surface area is 266 Å². The molecule has 2 fully saturated rings. The predicted molar refractivity (Wildman–Crippen MR) is 171 cm³/mol. The number of anilines is 1. The summed E-state index contributed by atoms with van der Waals surface area (Å²) in [5.74, 6) is -1.07. The summed E-state index contributed by atoms with van der Waals surface area (Å²) in [7, 11) is 1.98. The maximum atomic E-state index is 13.4. The molecule has 1 saturated heterocycles. The van der Waals surface area contributed by atoms with Gasteiger partial charge in [-0.25, -0.2) is 9.97 Å². The molecule has 2 aromatic heterocycles.